The third-order valence-corrected chi connectivity index (χ3v) is 7.49. The van der Waals surface area contributed by atoms with Crippen LogP contribution in [0.25, 0.3) is 11.0 Å². The molecule has 5 heterocycles. The first kappa shape index (κ1) is 25.0. The number of amides is 1. The van der Waals surface area contributed by atoms with Gasteiger partial charge in [-0.3, -0.25) is 14.4 Å². The number of anilines is 2. The van der Waals surface area contributed by atoms with Gasteiger partial charge in [-0.25, -0.2) is 4.98 Å². The highest BCUT2D eigenvalue weighted by molar-refractivity contribution is 5.95. The van der Waals surface area contributed by atoms with Crippen LogP contribution >= 0.6 is 0 Å². The highest BCUT2D eigenvalue weighted by Crippen LogP contribution is 2.41. The van der Waals surface area contributed by atoms with Gasteiger partial charge >= 0.3 is 0 Å². The number of carbonyl (C=O) groups is 1. The number of fused-ring (bicyclic) bond motifs is 1. The maximum Gasteiger partial charge on any atom is 0.254 e. The lowest BCUT2D eigenvalue weighted by Gasteiger charge is -2.61. The van der Waals surface area contributed by atoms with E-state index < -0.39 is 0 Å². The maximum atomic E-state index is 13.2. The number of likely N-dealkylation sites (tertiary alicyclic amines) is 2. The van der Waals surface area contributed by atoms with E-state index in [1.807, 2.05) is 23.1 Å². The number of methoxy groups -OCH3 is 1. The Morgan fingerprint density at radius 1 is 1.21 bits per heavy atom. The standard InChI is InChI=1S/C26H32N10O3/c1-15(2)34-11-26(12-34)13-35(14-26)24(37)17-5-6-18(20(7-17)38-4)10-36-22-19(8-29-36)31-25(27)32-23(22)28-9-21-30-16(3)39-33-21/h5-8,15H,9-14H2,1-4H3,(H3,27,28,31,32). The first-order valence-corrected chi connectivity index (χ1v) is 13.0. The van der Waals surface area contributed by atoms with E-state index in [2.05, 4.69) is 49.3 Å². The van der Waals surface area contributed by atoms with Gasteiger partial charge in [-0.1, -0.05) is 11.2 Å². The molecule has 0 saturated carbocycles. The normalized spacial score (nSPS) is 16.5. The van der Waals surface area contributed by atoms with Crippen molar-refractivity contribution in [3.63, 3.8) is 0 Å². The van der Waals surface area contributed by atoms with Gasteiger partial charge in [0.25, 0.3) is 5.91 Å². The molecule has 0 aliphatic carbocycles. The van der Waals surface area contributed by atoms with Crippen molar-refractivity contribution in [2.75, 3.05) is 44.3 Å². The Hall–Kier alpha value is -4.26. The lowest BCUT2D eigenvalue weighted by Crippen LogP contribution is -2.73. The molecule has 2 saturated heterocycles. The van der Waals surface area contributed by atoms with Gasteiger partial charge in [-0.2, -0.15) is 15.1 Å². The van der Waals surface area contributed by atoms with E-state index in [4.69, 9.17) is 15.0 Å². The number of nitrogens with one attached hydrogen (secondary N) is 1. The number of nitrogens with zero attached hydrogens (tertiary/aromatic N) is 8. The van der Waals surface area contributed by atoms with Crippen molar-refractivity contribution in [3.05, 3.63) is 47.2 Å². The zero-order chi connectivity index (χ0) is 27.3. The molecule has 0 bridgehead atoms. The average molecular weight is 533 g/mol. The lowest BCUT2D eigenvalue weighted by atomic mass is 9.72. The summed E-state index contributed by atoms with van der Waals surface area (Å²) in [5.41, 5.74) is 8.95. The van der Waals surface area contributed by atoms with Crippen molar-refractivity contribution in [1.82, 2.24) is 39.7 Å². The third-order valence-electron chi connectivity index (χ3n) is 7.49. The number of ether oxygens (including phenoxy) is 1. The second kappa shape index (κ2) is 9.49. The number of hydrogen-bond acceptors (Lipinski definition) is 11. The fraction of sp³-hybridized carbons (Fsp3) is 0.462. The minimum atomic E-state index is 0.0325. The Morgan fingerprint density at radius 3 is 2.69 bits per heavy atom. The molecule has 1 aromatic carbocycles. The average Bonchev–Trinajstić information content (AvgIpc) is 3.46. The molecular formula is C26H32N10O3. The number of nitrogens with two attached hydrogens (primary N) is 1. The predicted molar refractivity (Wildman–Crippen MR) is 143 cm³/mol. The van der Waals surface area contributed by atoms with E-state index in [1.54, 1.807) is 24.9 Å². The minimum absolute atomic E-state index is 0.0325. The van der Waals surface area contributed by atoms with Crippen LogP contribution in [0.3, 0.4) is 0 Å². The number of aromatic nitrogens is 6. The van der Waals surface area contributed by atoms with Gasteiger partial charge < -0.3 is 25.2 Å². The SMILES string of the molecule is COc1cc(C(=O)N2CC3(C2)CN(C(C)C)C3)ccc1Cn1ncc2nc(N)nc(NCc3noc(C)n3)c21. The molecule has 39 heavy (non-hydrogen) atoms. The van der Waals surface area contributed by atoms with Crippen molar-refractivity contribution in [3.8, 4) is 5.75 Å². The van der Waals surface area contributed by atoms with Crippen LogP contribution in [0, 0.1) is 12.3 Å². The Morgan fingerprint density at radius 2 is 2.00 bits per heavy atom. The Kier molecular flexibility index (Phi) is 6.09. The summed E-state index contributed by atoms with van der Waals surface area (Å²) in [5, 5.41) is 11.6. The molecule has 1 spiro atoms. The highest BCUT2D eigenvalue weighted by atomic mass is 16.5. The van der Waals surface area contributed by atoms with E-state index in [0.29, 0.717) is 59.0 Å². The van der Waals surface area contributed by atoms with Crippen LogP contribution in [0.15, 0.2) is 28.9 Å². The zero-order valence-corrected chi connectivity index (χ0v) is 22.5. The van der Waals surface area contributed by atoms with Crippen molar-refractivity contribution >= 4 is 28.7 Å². The number of aryl methyl sites for hydroxylation is 1. The number of benzene rings is 1. The molecule has 6 rings (SSSR count). The maximum absolute atomic E-state index is 13.2. The van der Waals surface area contributed by atoms with Crippen LogP contribution in [0.1, 0.15) is 41.5 Å². The van der Waals surface area contributed by atoms with Crippen LogP contribution in [0.4, 0.5) is 11.8 Å². The van der Waals surface area contributed by atoms with Gasteiger partial charge in [0.15, 0.2) is 11.6 Å². The van der Waals surface area contributed by atoms with E-state index in [1.165, 1.54) is 0 Å². The molecule has 2 aliphatic heterocycles. The minimum Gasteiger partial charge on any atom is -0.496 e. The Labute approximate surface area is 225 Å². The topological polar surface area (TPSA) is 153 Å². The predicted octanol–water partition coefficient (Wildman–Crippen LogP) is 1.94. The van der Waals surface area contributed by atoms with Crippen molar-refractivity contribution in [1.29, 1.82) is 0 Å². The molecule has 13 nitrogen and oxygen atoms in total. The molecule has 0 unspecified atom stereocenters. The number of hydrogen-bond donors (Lipinski definition) is 2. The first-order valence-electron chi connectivity index (χ1n) is 13.0. The van der Waals surface area contributed by atoms with Gasteiger partial charge in [-0.15, -0.1) is 0 Å². The summed E-state index contributed by atoms with van der Waals surface area (Å²) in [5.74, 6) is 2.25. The van der Waals surface area contributed by atoms with Crippen LogP contribution in [0.2, 0.25) is 0 Å². The summed E-state index contributed by atoms with van der Waals surface area (Å²) in [6.07, 6.45) is 1.64. The van der Waals surface area contributed by atoms with E-state index in [0.717, 1.165) is 31.7 Å². The molecule has 1 amide bonds. The zero-order valence-electron chi connectivity index (χ0n) is 22.5. The van der Waals surface area contributed by atoms with Crippen molar-refractivity contribution < 1.29 is 14.1 Å². The first-order chi connectivity index (χ1) is 18.7. The third kappa shape index (κ3) is 4.62. The number of nitrogen functional groups attached to an aromatic ring is 1. The molecule has 0 atom stereocenters. The largest absolute Gasteiger partial charge is 0.496 e. The van der Waals surface area contributed by atoms with Crippen LogP contribution in [-0.4, -0.2) is 84.9 Å². The summed E-state index contributed by atoms with van der Waals surface area (Å²) in [6, 6.07) is 6.12. The van der Waals surface area contributed by atoms with E-state index >= 15 is 0 Å². The lowest BCUT2D eigenvalue weighted by molar-refractivity contribution is -0.110. The summed E-state index contributed by atoms with van der Waals surface area (Å²) < 4.78 is 12.5. The van der Waals surface area contributed by atoms with Crippen molar-refractivity contribution in [2.24, 2.45) is 5.41 Å². The molecule has 13 heteroatoms. The molecule has 2 fully saturated rings. The van der Waals surface area contributed by atoms with E-state index in [-0.39, 0.29) is 17.3 Å². The molecule has 3 aromatic heterocycles. The van der Waals surface area contributed by atoms with Crippen LogP contribution in [-0.2, 0) is 13.1 Å². The fourth-order valence-corrected chi connectivity index (χ4v) is 5.48. The van der Waals surface area contributed by atoms with E-state index in [9.17, 15) is 4.79 Å². The monoisotopic (exact) mass is 532 g/mol. The number of carbonyl (C=O) groups excluding carboxylic acids is 1. The summed E-state index contributed by atoms with van der Waals surface area (Å²) >= 11 is 0. The smallest absolute Gasteiger partial charge is 0.254 e. The molecule has 204 valence electrons. The van der Waals surface area contributed by atoms with Gasteiger partial charge in [0.2, 0.25) is 11.8 Å². The van der Waals surface area contributed by atoms with Gasteiger partial charge in [0, 0.05) is 55.7 Å². The Balaban J connectivity index is 1.19. The second-order valence-electron chi connectivity index (χ2n) is 10.7. The fourth-order valence-electron chi connectivity index (χ4n) is 5.48. The molecule has 2 aliphatic rings. The summed E-state index contributed by atoms with van der Waals surface area (Å²) in [4.78, 5) is 30.5. The second-order valence-corrected chi connectivity index (χ2v) is 10.7. The molecule has 0 radical (unpaired) electrons. The van der Waals surface area contributed by atoms with Crippen LogP contribution in [0.5, 0.6) is 5.75 Å². The summed E-state index contributed by atoms with van der Waals surface area (Å²) in [6.45, 7) is 10.6. The summed E-state index contributed by atoms with van der Waals surface area (Å²) in [7, 11) is 1.60. The van der Waals surface area contributed by atoms with Gasteiger partial charge in [0.1, 0.15) is 16.8 Å². The van der Waals surface area contributed by atoms with Gasteiger partial charge in [0.05, 0.1) is 26.4 Å². The Bertz CT molecular complexity index is 1530. The van der Waals surface area contributed by atoms with Gasteiger partial charge in [-0.05, 0) is 26.0 Å². The molecular weight excluding hydrogens is 500 g/mol. The van der Waals surface area contributed by atoms with Crippen LogP contribution < -0.4 is 15.8 Å². The number of rotatable bonds is 8. The quantitative estimate of drug-likeness (QED) is 0.342. The molecule has 3 N–H and O–H groups in total. The molecule has 4 aromatic rings. The van der Waals surface area contributed by atoms with Crippen molar-refractivity contribution in [2.45, 2.75) is 39.9 Å². The highest BCUT2D eigenvalue weighted by Gasteiger charge is 2.53.